The molecule has 1 aliphatic carbocycles. The topological polar surface area (TPSA) is 52.0 Å². The summed E-state index contributed by atoms with van der Waals surface area (Å²) in [4.78, 5) is 4.16. The smallest absolute Gasteiger partial charge is 0.180 e. The van der Waals surface area contributed by atoms with Gasteiger partial charge in [0.2, 0.25) is 0 Å². The zero-order valence-corrected chi connectivity index (χ0v) is 7.07. The van der Waals surface area contributed by atoms with E-state index < -0.39 is 0 Å². The van der Waals surface area contributed by atoms with Gasteiger partial charge in [-0.05, 0) is 25.7 Å². The third kappa shape index (κ3) is 1.50. The summed E-state index contributed by atoms with van der Waals surface area (Å²) in [6.45, 7) is 0. The Kier molecular flexibility index (Phi) is 2.13. The third-order valence-corrected chi connectivity index (χ3v) is 2.64. The highest BCUT2D eigenvalue weighted by atomic mass is 16.3. The first kappa shape index (κ1) is 7.80. The lowest BCUT2D eigenvalue weighted by Gasteiger charge is -2.24. The highest BCUT2D eigenvalue weighted by Gasteiger charge is 2.21. The van der Waals surface area contributed by atoms with Crippen LogP contribution in [0.2, 0.25) is 0 Å². The molecule has 0 saturated heterocycles. The van der Waals surface area contributed by atoms with E-state index in [1.807, 2.05) is 0 Å². The summed E-state index contributed by atoms with van der Waals surface area (Å²) < 4.78 is 4.95. The number of aromatic nitrogens is 1. The molecule has 1 aromatic rings. The van der Waals surface area contributed by atoms with Gasteiger partial charge in [0.05, 0.1) is 5.69 Å². The number of hydrogen-bond acceptors (Lipinski definition) is 3. The summed E-state index contributed by atoms with van der Waals surface area (Å²) in [6.07, 6.45) is 7.82. The van der Waals surface area contributed by atoms with Crippen molar-refractivity contribution in [3.05, 3.63) is 18.4 Å². The van der Waals surface area contributed by atoms with Gasteiger partial charge >= 0.3 is 0 Å². The molecule has 2 N–H and O–H groups in total. The van der Waals surface area contributed by atoms with Crippen molar-refractivity contribution in [1.29, 1.82) is 0 Å². The number of nitrogens with two attached hydrogens (primary N) is 1. The molecule has 1 fully saturated rings. The average Bonchev–Trinajstić information content (AvgIpc) is 2.58. The second-order valence-corrected chi connectivity index (χ2v) is 3.53. The van der Waals surface area contributed by atoms with Gasteiger partial charge in [0.15, 0.2) is 6.39 Å². The molecule has 0 radical (unpaired) electrons. The zero-order chi connectivity index (χ0) is 8.39. The molecule has 0 unspecified atom stereocenters. The maximum absolute atomic E-state index is 5.81. The largest absolute Gasteiger partial charge is 0.451 e. The van der Waals surface area contributed by atoms with Crippen LogP contribution >= 0.6 is 0 Å². The molecular weight excluding hydrogens is 152 g/mol. The van der Waals surface area contributed by atoms with Crippen molar-refractivity contribution in [3.8, 4) is 0 Å². The number of nitrogens with zero attached hydrogens (tertiary/aromatic N) is 1. The van der Waals surface area contributed by atoms with Gasteiger partial charge in [-0.15, -0.1) is 0 Å². The highest BCUT2D eigenvalue weighted by Crippen LogP contribution is 2.30. The van der Waals surface area contributed by atoms with Crippen LogP contribution in [0.4, 0.5) is 0 Å². The maximum atomic E-state index is 5.81. The molecule has 0 atom stereocenters. The highest BCUT2D eigenvalue weighted by molar-refractivity contribution is 5.02. The first-order chi connectivity index (χ1) is 5.86. The van der Waals surface area contributed by atoms with E-state index in [-0.39, 0.29) is 0 Å². The normalized spacial score (nSPS) is 30.4. The van der Waals surface area contributed by atoms with Gasteiger partial charge in [0.1, 0.15) is 6.26 Å². The van der Waals surface area contributed by atoms with Crippen LogP contribution in [-0.2, 0) is 0 Å². The van der Waals surface area contributed by atoms with Gasteiger partial charge < -0.3 is 10.2 Å². The predicted molar refractivity (Wildman–Crippen MR) is 45.7 cm³/mol. The van der Waals surface area contributed by atoms with Crippen LogP contribution in [0.15, 0.2) is 17.1 Å². The van der Waals surface area contributed by atoms with E-state index >= 15 is 0 Å². The fourth-order valence-electron chi connectivity index (χ4n) is 1.84. The average molecular weight is 166 g/mol. The number of rotatable bonds is 1. The molecular formula is C9H14N2O. The minimum atomic E-state index is 0.410. The van der Waals surface area contributed by atoms with E-state index in [2.05, 4.69) is 4.98 Å². The molecule has 0 bridgehead atoms. The molecule has 1 saturated carbocycles. The summed E-state index contributed by atoms with van der Waals surface area (Å²) >= 11 is 0. The first-order valence-electron chi connectivity index (χ1n) is 4.50. The van der Waals surface area contributed by atoms with Gasteiger partial charge in [-0.3, -0.25) is 0 Å². The molecule has 2 rings (SSSR count). The molecule has 12 heavy (non-hydrogen) atoms. The Morgan fingerprint density at radius 1 is 1.33 bits per heavy atom. The van der Waals surface area contributed by atoms with Crippen molar-refractivity contribution in [2.45, 2.75) is 37.6 Å². The van der Waals surface area contributed by atoms with Gasteiger partial charge in [-0.25, -0.2) is 4.98 Å². The molecule has 1 aliphatic rings. The minimum absolute atomic E-state index is 0.410. The van der Waals surface area contributed by atoms with Crippen LogP contribution in [0.1, 0.15) is 37.3 Å². The molecule has 0 spiro atoms. The van der Waals surface area contributed by atoms with Crippen molar-refractivity contribution in [3.63, 3.8) is 0 Å². The van der Waals surface area contributed by atoms with Crippen molar-refractivity contribution < 1.29 is 4.42 Å². The lowest BCUT2D eigenvalue weighted by Crippen LogP contribution is -2.25. The minimum Gasteiger partial charge on any atom is -0.451 e. The van der Waals surface area contributed by atoms with Gasteiger partial charge in [0, 0.05) is 12.0 Å². The lowest BCUT2D eigenvalue weighted by atomic mass is 9.85. The molecule has 1 aromatic heterocycles. The van der Waals surface area contributed by atoms with Gasteiger partial charge in [-0.1, -0.05) is 0 Å². The Morgan fingerprint density at radius 3 is 2.67 bits per heavy atom. The SMILES string of the molecule is NC1CCC(c2cocn2)CC1. The standard InChI is InChI=1S/C9H14N2O/c10-8-3-1-7(2-4-8)9-5-12-6-11-9/h5-8H,1-4,10H2. The summed E-state index contributed by atoms with van der Waals surface area (Å²) in [5, 5.41) is 0. The quantitative estimate of drug-likeness (QED) is 0.690. The Morgan fingerprint density at radius 2 is 2.08 bits per heavy atom. The van der Waals surface area contributed by atoms with Crippen LogP contribution in [0.3, 0.4) is 0 Å². The van der Waals surface area contributed by atoms with Crippen LogP contribution in [0, 0.1) is 0 Å². The second kappa shape index (κ2) is 3.27. The molecule has 66 valence electrons. The lowest BCUT2D eigenvalue weighted by molar-refractivity contribution is 0.390. The van der Waals surface area contributed by atoms with Crippen molar-refractivity contribution in [2.24, 2.45) is 5.73 Å². The van der Waals surface area contributed by atoms with E-state index in [4.69, 9.17) is 10.2 Å². The molecule has 0 aliphatic heterocycles. The Labute approximate surface area is 72.0 Å². The maximum Gasteiger partial charge on any atom is 0.180 e. The van der Waals surface area contributed by atoms with Gasteiger partial charge in [-0.2, -0.15) is 0 Å². The van der Waals surface area contributed by atoms with Crippen LogP contribution in [-0.4, -0.2) is 11.0 Å². The predicted octanol–water partition coefficient (Wildman–Crippen LogP) is 1.66. The fraction of sp³-hybridized carbons (Fsp3) is 0.667. The molecule has 0 amide bonds. The Balaban J connectivity index is 1.99. The number of oxazole rings is 1. The van der Waals surface area contributed by atoms with Crippen LogP contribution in [0.5, 0.6) is 0 Å². The first-order valence-corrected chi connectivity index (χ1v) is 4.50. The summed E-state index contributed by atoms with van der Waals surface area (Å²) in [5.41, 5.74) is 6.91. The summed E-state index contributed by atoms with van der Waals surface area (Å²) in [5.74, 6) is 0.587. The van der Waals surface area contributed by atoms with E-state index in [1.54, 1.807) is 6.26 Å². The summed E-state index contributed by atoms with van der Waals surface area (Å²) in [6, 6.07) is 0.410. The monoisotopic (exact) mass is 166 g/mol. The summed E-state index contributed by atoms with van der Waals surface area (Å²) in [7, 11) is 0. The third-order valence-electron chi connectivity index (χ3n) is 2.64. The molecule has 3 nitrogen and oxygen atoms in total. The molecule has 0 aromatic carbocycles. The van der Waals surface area contributed by atoms with E-state index in [1.165, 1.54) is 6.39 Å². The fourth-order valence-corrected chi connectivity index (χ4v) is 1.84. The molecule has 1 heterocycles. The van der Waals surface area contributed by atoms with Crippen molar-refractivity contribution >= 4 is 0 Å². The zero-order valence-electron chi connectivity index (χ0n) is 7.07. The van der Waals surface area contributed by atoms with E-state index in [0.29, 0.717) is 12.0 Å². The Bertz CT molecular complexity index is 225. The van der Waals surface area contributed by atoms with Crippen LogP contribution < -0.4 is 5.73 Å². The second-order valence-electron chi connectivity index (χ2n) is 3.53. The van der Waals surface area contributed by atoms with E-state index in [0.717, 1.165) is 31.4 Å². The van der Waals surface area contributed by atoms with Crippen molar-refractivity contribution in [2.75, 3.05) is 0 Å². The van der Waals surface area contributed by atoms with Crippen molar-refractivity contribution in [1.82, 2.24) is 4.98 Å². The number of hydrogen-bond donors (Lipinski definition) is 1. The van der Waals surface area contributed by atoms with Gasteiger partial charge in [0.25, 0.3) is 0 Å². The van der Waals surface area contributed by atoms with Crippen LogP contribution in [0.25, 0.3) is 0 Å². The molecule has 3 heteroatoms. The van der Waals surface area contributed by atoms with E-state index in [9.17, 15) is 0 Å². The Hall–Kier alpha value is -0.830.